The normalized spacial score (nSPS) is 10.4. The lowest BCUT2D eigenvalue weighted by Crippen LogP contribution is -2.28. The number of benzene rings is 2. The SMILES string of the molecule is CCCCNCC(=O)Nc1ccc(OCCCc2ccccc2)cc1. The first kappa shape index (κ1) is 19.0. The second kappa shape index (κ2) is 11.3. The molecule has 2 N–H and O–H groups in total. The maximum Gasteiger partial charge on any atom is 0.238 e. The van der Waals surface area contributed by atoms with Crippen LogP contribution in [0.3, 0.4) is 0 Å². The van der Waals surface area contributed by atoms with E-state index >= 15 is 0 Å². The Balaban J connectivity index is 1.64. The number of anilines is 1. The van der Waals surface area contributed by atoms with E-state index in [1.54, 1.807) is 0 Å². The second-order valence-corrected chi connectivity index (χ2v) is 6.04. The fourth-order valence-corrected chi connectivity index (χ4v) is 2.45. The van der Waals surface area contributed by atoms with Gasteiger partial charge in [0.1, 0.15) is 5.75 Å². The van der Waals surface area contributed by atoms with Gasteiger partial charge in [-0.2, -0.15) is 0 Å². The molecule has 0 fully saturated rings. The van der Waals surface area contributed by atoms with E-state index in [1.165, 1.54) is 5.56 Å². The van der Waals surface area contributed by atoms with E-state index in [1.807, 2.05) is 30.3 Å². The van der Waals surface area contributed by atoms with Gasteiger partial charge < -0.3 is 15.4 Å². The van der Waals surface area contributed by atoms with E-state index in [0.717, 1.165) is 43.7 Å². The Morgan fingerprint density at radius 2 is 1.76 bits per heavy atom. The summed E-state index contributed by atoms with van der Waals surface area (Å²) >= 11 is 0. The molecular weight excluding hydrogens is 312 g/mol. The van der Waals surface area contributed by atoms with E-state index in [2.05, 4.69) is 41.8 Å². The number of nitrogens with one attached hydrogen (secondary N) is 2. The lowest BCUT2D eigenvalue weighted by molar-refractivity contribution is -0.115. The van der Waals surface area contributed by atoms with Gasteiger partial charge in [0.05, 0.1) is 13.2 Å². The van der Waals surface area contributed by atoms with Crippen molar-refractivity contribution >= 4 is 11.6 Å². The van der Waals surface area contributed by atoms with E-state index in [-0.39, 0.29) is 5.91 Å². The van der Waals surface area contributed by atoms with Crippen molar-refractivity contribution < 1.29 is 9.53 Å². The van der Waals surface area contributed by atoms with Gasteiger partial charge in [0, 0.05) is 5.69 Å². The summed E-state index contributed by atoms with van der Waals surface area (Å²) in [5, 5.41) is 6.01. The number of rotatable bonds is 11. The molecule has 0 radical (unpaired) electrons. The molecule has 0 heterocycles. The number of carbonyl (C=O) groups excluding carboxylic acids is 1. The molecule has 25 heavy (non-hydrogen) atoms. The van der Waals surface area contributed by atoms with Crippen molar-refractivity contribution in [1.29, 1.82) is 0 Å². The number of ether oxygens (including phenoxy) is 1. The molecular formula is C21H28N2O2. The third-order valence-corrected chi connectivity index (χ3v) is 3.85. The summed E-state index contributed by atoms with van der Waals surface area (Å²) < 4.78 is 5.75. The molecule has 4 nitrogen and oxygen atoms in total. The summed E-state index contributed by atoms with van der Waals surface area (Å²) in [5.41, 5.74) is 2.12. The zero-order valence-electron chi connectivity index (χ0n) is 15.0. The lowest BCUT2D eigenvalue weighted by atomic mass is 10.1. The predicted molar refractivity (Wildman–Crippen MR) is 103 cm³/mol. The average Bonchev–Trinajstić information content (AvgIpc) is 2.65. The number of aryl methyl sites for hydroxylation is 1. The molecule has 0 aliphatic carbocycles. The fraction of sp³-hybridized carbons (Fsp3) is 0.381. The van der Waals surface area contributed by atoms with Crippen molar-refractivity contribution in [2.75, 3.05) is 25.0 Å². The number of amides is 1. The first-order chi connectivity index (χ1) is 12.3. The number of unbranched alkanes of at least 4 members (excludes halogenated alkanes) is 1. The highest BCUT2D eigenvalue weighted by atomic mass is 16.5. The Kier molecular flexibility index (Phi) is 8.56. The third kappa shape index (κ3) is 7.86. The molecule has 0 bridgehead atoms. The minimum Gasteiger partial charge on any atom is -0.494 e. The smallest absolute Gasteiger partial charge is 0.238 e. The van der Waals surface area contributed by atoms with Crippen LogP contribution in [-0.4, -0.2) is 25.6 Å². The quantitative estimate of drug-likeness (QED) is 0.607. The van der Waals surface area contributed by atoms with Gasteiger partial charge in [0.15, 0.2) is 0 Å². The van der Waals surface area contributed by atoms with Crippen LogP contribution in [0.2, 0.25) is 0 Å². The number of hydrogen-bond donors (Lipinski definition) is 2. The first-order valence-corrected chi connectivity index (χ1v) is 9.05. The van der Waals surface area contributed by atoms with Gasteiger partial charge in [0.25, 0.3) is 0 Å². The van der Waals surface area contributed by atoms with Crippen LogP contribution in [0.15, 0.2) is 54.6 Å². The Hall–Kier alpha value is -2.33. The Bertz CT molecular complexity index is 612. The van der Waals surface area contributed by atoms with E-state index in [4.69, 9.17) is 4.74 Å². The van der Waals surface area contributed by atoms with Crippen molar-refractivity contribution in [3.8, 4) is 5.75 Å². The maximum absolute atomic E-state index is 11.8. The molecule has 0 aliphatic heterocycles. The average molecular weight is 340 g/mol. The van der Waals surface area contributed by atoms with Gasteiger partial charge in [-0.15, -0.1) is 0 Å². The van der Waals surface area contributed by atoms with Gasteiger partial charge in [-0.1, -0.05) is 43.7 Å². The lowest BCUT2D eigenvalue weighted by Gasteiger charge is -2.09. The highest BCUT2D eigenvalue weighted by molar-refractivity contribution is 5.92. The standard InChI is InChI=1S/C21H28N2O2/c1-2-3-15-22-17-21(24)23-19-11-13-20(14-12-19)25-16-7-10-18-8-5-4-6-9-18/h4-6,8-9,11-14,22H,2-3,7,10,15-17H2,1H3,(H,23,24). The number of hydrogen-bond acceptors (Lipinski definition) is 3. The van der Waals surface area contributed by atoms with Gasteiger partial charge in [0.2, 0.25) is 5.91 Å². The van der Waals surface area contributed by atoms with Crippen LogP contribution in [0.25, 0.3) is 0 Å². The van der Waals surface area contributed by atoms with Gasteiger partial charge in [-0.05, 0) is 55.6 Å². The summed E-state index contributed by atoms with van der Waals surface area (Å²) in [6.07, 6.45) is 4.21. The molecule has 0 saturated heterocycles. The van der Waals surface area contributed by atoms with Crippen LogP contribution in [0, 0.1) is 0 Å². The molecule has 0 aliphatic rings. The highest BCUT2D eigenvalue weighted by Gasteiger charge is 2.02. The molecule has 0 saturated carbocycles. The van der Waals surface area contributed by atoms with E-state index < -0.39 is 0 Å². The van der Waals surface area contributed by atoms with Gasteiger partial charge >= 0.3 is 0 Å². The second-order valence-electron chi connectivity index (χ2n) is 6.04. The van der Waals surface area contributed by atoms with Crippen LogP contribution >= 0.6 is 0 Å². The number of carbonyl (C=O) groups is 1. The molecule has 2 rings (SSSR count). The first-order valence-electron chi connectivity index (χ1n) is 9.05. The van der Waals surface area contributed by atoms with Crippen LogP contribution in [0.5, 0.6) is 5.75 Å². The van der Waals surface area contributed by atoms with Crippen LogP contribution in [0.1, 0.15) is 31.7 Å². The van der Waals surface area contributed by atoms with Crippen LogP contribution in [0.4, 0.5) is 5.69 Å². The molecule has 0 unspecified atom stereocenters. The summed E-state index contributed by atoms with van der Waals surface area (Å²) in [4.78, 5) is 11.8. The molecule has 0 atom stereocenters. The van der Waals surface area contributed by atoms with Gasteiger partial charge in [-0.3, -0.25) is 4.79 Å². The van der Waals surface area contributed by atoms with E-state index in [9.17, 15) is 4.79 Å². The zero-order chi connectivity index (χ0) is 17.7. The Morgan fingerprint density at radius 1 is 1.00 bits per heavy atom. The molecule has 4 heteroatoms. The zero-order valence-corrected chi connectivity index (χ0v) is 15.0. The highest BCUT2D eigenvalue weighted by Crippen LogP contribution is 2.16. The summed E-state index contributed by atoms with van der Waals surface area (Å²) in [7, 11) is 0. The molecule has 0 spiro atoms. The topological polar surface area (TPSA) is 50.4 Å². The largest absolute Gasteiger partial charge is 0.494 e. The monoisotopic (exact) mass is 340 g/mol. The summed E-state index contributed by atoms with van der Waals surface area (Å²) in [5.74, 6) is 0.805. The van der Waals surface area contributed by atoms with Crippen molar-refractivity contribution in [2.45, 2.75) is 32.6 Å². The van der Waals surface area contributed by atoms with Crippen LogP contribution in [-0.2, 0) is 11.2 Å². The minimum atomic E-state index is -0.0207. The van der Waals surface area contributed by atoms with Crippen molar-refractivity contribution in [3.05, 3.63) is 60.2 Å². The predicted octanol–water partition coefficient (Wildman–Crippen LogP) is 4.03. The Morgan fingerprint density at radius 3 is 2.48 bits per heavy atom. The van der Waals surface area contributed by atoms with Crippen molar-refractivity contribution in [1.82, 2.24) is 5.32 Å². The minimum absolute atomic E-state index is 0.0207. The third-order valence-electron chi connectivity index (χ3n) is 3.85. The van der Waals surface area contributed by atoms with Crippen molar-refractivity contribution in [3.63, 3.8) is 0 Å². The fourth-order valence-electron chi connectivity index (χ4n) is 2.45. The molecule has 1 amide bonds. The van der Waals surface area contributed by atoms with E-state index in [0.29, 0.717) is 13.2 Å². The van der Waals surface area contributed by atoms with Crippen LogP contribution < -0.4 is 15.4 Å². The molecule has 2 aromatic rings. The molecule has 2 aromatic carbocycles. The summed E-state index contributed by atoms with van der Waals surface area (Å²) in [6, 6.07) is 17.9. The maximum atomic E-state index is 11.8. The Labute approximate surface area is 150 Å². The summed E-state index contributed by atoms with van der Waals surface area (Å²) in [6.45, 7) is 4.03. The molecule has 0 aromatic heterocycles. The van der Waals surface area contributed by atoms with Gasteiger partial charge in [-0.25, -0.2) is 0 Å². The molecule has 134 valence electrons. The van der Waals surface area contributed by atoms with Crippen molar-refractivity contribution in [2.24, 2.45) is 0 Å².